The fraction of sp³-hybridized carbons (Fsp3) is 0.625. The zero-order valence-electron chi connectivity index (χ0n) is 11.9. The number of rotatable bonds is 6. The Labute approximate surface area is 116 Å². The second kappa shape index (κ2) is 7.49. The smallest absolute Gasteiger partial charge is 0.123 e. The van der Waals surface area contributed by atoms with Gasteiger partial charge < -0.3 is 10.2 Å². The average Bonchev–Trinajstić information content (AvgIpc) is 2.46. The molecule has 0 aliphatic heterocycles. The van der Waals surface area contributed by atoms with Crippen molar-refractivity contribution in [2.45, 2.75) is 45.1 Å². The molecule has 0 spiro atoms. The fourth-order valence-electron chi connectivity index (χ4n) is 2.83. The quantitative estimate of drug-likeness (QED) is 0.845. The fourth-order valence-corrected chi connectivity index (χ4v) is 2.83. The van der Waals surface area contributed by atoms with Crippen LogP contribution in [-0.2, 0) is 0 Å². The number of benzene rings is 1. The van der Waals surface area contributed by atoms with Crippen LogP contribution >= 0.6 is 0 Å². The molecular weight excluding hydrogens is 239 g/mol. The number of nitrogens with one attached hydrogen (secondary N) is 1. The van der Waals surface area contributed by atoms with E-state index in [1.54, 1.807) is 0 Å². The summed E-state index contributed by atoms with van der Waals surface area (Å²) in [5.41, 5.74) is 1.11. The average molecular weight is 264 g/mol. The molecule has 2 rings (SSSR count). The zero-order chi connectivity index (χ0) is 13.5. The first-order valence-corrected chi connectivity index (χ1v) is 7.53. The molecule has 19 heavy (non-hydrogen) atoms. The van der Waals surface area contributed by atoms with Crippen molar-refractivity contribution in [2.24, 2.45) is 0 Å². The standard InChI is InChI=1S/C16H25FN2/c1-2-19(16-10-8-14(17)9-11-16)13-12-18-15-6-4-3-5-7-15/h8-11,15,18H,2-7,12-13H2,1H3. The lowest BCUT2D eigenvalue weighted by Gasteiger charge is -2.27. The first-order valence-electron chi connectivity index (χ1n) is 7.53. The van der Waals surface area contributed by atoms with Crippen molar-refractivity contribution in [3.63, 3.8) is 0 Å². The summed E-state index contributed by atoms with van der Waals surface area (Å²) in [4.78, 5) is 2.29. The molecule has 0 amide bonds. The minimum atomic E-state index is -0.167. The van der Waals surface area contributed by atoms with Gasteiger partial charge in [0, 0.05) is 31.4 Å². The van der Waals surface area contributed by atoms with E-state index in [4.69, 9.17) is 0 Å². The lowest BCUT2D eigenvalue weighted by Crippen LogP contribution is -2.38. The van der Waals surface area contributed by atoms with Gasteiger partial charge in [-0.2, -0.15) is 0 Å². The van der Waals surface area contributed by atoms with Crippen LogP contribution in [0.25, 0.3) is 0 Å². The van der Waals surface area contributed by atoms with Gasteiger partial charge in [-0.25, -0.2) is 4.39 Å². The van der Waals surface area contributed by atoms with E-state index in [9.17, 15) is 4.39 Å². The van der Waals surface area contributed by atoms with Crippen molar-refractivity contribution in [3.05, 3.63) is 30.1 Å². The Bertz CT molecular complexity index is 358. The van der Waals surface area contributed by atoms with Gasteiger partial charge in [0.05, 0.1) is 0 Å². The highest BCUT2D eigenvalue weighted by atomic mass is 19.1. The normalized spacial score (nSPS) is 16.5. The van der Waals surface area contributed by atoms with Crippen molar-refractivity contribution in [1.29, 1.82) is 0 Å². The summed E-state index contributed by atoms with van der Waals surface area (Å²) >= 11 is 0. The van der Waals surface area contributed by atoms with Crippen molar-refractivity contribution in [2.75, 3.05) is 24.5 Å². The summed E-state index contributed by atoms with van der Waals surface area (Å²) in [6.45, 7) is 5.09. The Balaban J connectivity index is 1.77. The van der Waals surface area contributed by atoms with Crippen LogP contribution in [0.3, 0.4) is 0 Å². The third-order valence-corrected chi connectivity index (χ3v) is 3.99. The van der Waals surface area contributed by atoms with Gasteiger partial charge in [0.1, 0.15) is 5.82 Å². The van der Waals surface area contributed by atoms with Crippen LogP contribution in [0.4, 0.5) is 10.1 Å². The van der Waals surface area contributed by atoms with Gasteiger partial charge in [-0.1, -0.05) is 19.3 Å². The van der Waals surface area contributed by atoms with Gasteiger partial charge in [-0.15, -0.1) is 0 Å². The number of nitrogens with zero attached hydrogens (tertiary/aromatic N) is 1. The molecule has 1 aromatic rings. The number of hydrogen-bond donors (Lipinski definition) is 1. The predicted octanol–water partition coefficient (Wildman–Crippen LogP) is 3.57. The molecule has 2 nitrogen and oxygen atoms in total. The van der Waals surface area contributed by atoms with Gasteiger partial charge in [0.25, 0.3) is 0 Å². The molecule has 1 saturated carbocycles. The summed E-state index contributed by atoms with van der Waals surface area (Å²) in [7, 11) is 0. The van der Waals surface area contributed by atoms with E-state index in [-0.39, 0.29) is 5.82 Å². The Hall–Kier alpha value is -1.09. The number of anilines is 1. The molecule has 1 fully saturated rings. The minimum absolute atomic E-state index is 0.167. The highest BCUT2D eigenvalue weighted by Gasteiger charge is 2.12. The Morgan fingerprint density at radius 1 is 1.16 bits per heavy atom. The molecule has 106 valence electrons. The van der Waals surface area contributed by atoms with Crippen molar-refractivity contribution < 1.29 is 4.39 Å². The number of hydrogen-bond acceptors (Lipinski definition) is 2. The van der Waals surface area contributed by atoms with E-state index in [2.05, 4.69) is 17.1 Å². The molecule has 0 atom stereocenters. The van der Waals surface area contributed by atoms with Crippen LogP contribution in [-0.4, -0.2) is 25.7 Å². The molecule has 0 bridgehead atoms. The first kappa shape index (κ1) is 14.3. The molecule has 0 heterocycles. The molecule has 0 aromatic heterocycles. The van der Waals surface area contributed by atoms with Crippen molar-refractivity contribution in [3.8, 4) is 0 Å². The first-order chi connectivity index (χ1) is 9.29. The Kier molecular flexibility index (Phi) is 5.64. The van der Waals surface area contributed by atoms with Crippen LogP contribution < -0.4 is 10.2 Å². The SMILES string of the molecule is CCN(CCNC1CCCCC1)c1ccc(F)cc1. The zero-order valence-corrected chi connectivity index (χ0v) is 11.9. The van der Waals surface area contributed by atoms with E-state index >= 15 is 0 Å². The van der Waals surface area contributed by atoms with Gasteiger partial charge in [0.2, 0.25) is 0 Å². The van der Waals surface area contributed by atoms with Crippen LogP contribution in [0.15, 0.2) is 24.3 Å². The molecule has 0 radical (unpaired) electrons. The third kappa shape index (κ3) is 4.50. The summed E-state index contributed by atoms with van der Waals surface area (Å²) in [6, 6.07) is 7.50. The molecule has 1 N–H and O–H groups in total. The molecule has 0 saturated heterocycles. The molecule has 1 aliphatic carbocycles. The lowest BCUT2D eigenvalue weighted by molar-refractivity contribution is 0.376. The highest BCUT2D eigenvalue weighted by molar-refractivity contribution is 5.46. The summed E-state index contributed by atoms with van der Waals surface area (Å²) in [6.07, 6.45) is 6.78. The monoisotopic (exact) mass is 264 g/mol. The van der Waals surface area contributed by atoms with Crippen LogP contribution in [0.2, 0.25) is 0 Å². The Morgan fingerprint density at radius 2 is 1.84 bits per heavy atom. The largest absolute Gasteiger partial charge is 0.371 e. The topological polar surface area (TPSA) is 15.3 Å². The van der Waals surface area contributed by atoms with E-state index in [1.165, 1.54) is 44.2 Å². The predicted molar refractivity (Wildman–Crippen MR) is 79.2 cm³/mol. The van der Waals surface area contributed by atoms with Gasteiger partial charge in [-0.05, 0) is 44.0 Å². The van der Waals surface area contributed by atoms with E-state index in [1.807, 2.05) is 12.1 Å². The molecule has 3 heteroatoms. The highest BCUT2D eigenvalue weighted by Crippen LogP contribution is 2.17. The van der Waals surface area contributed by atoms with Crippen LogP contribution in [0.5, 0.6) is 0 Å². The van der Waals surface area contributed by atoms with Crippen LogP contribution in [0, 0.1) is 5.82 Å². The number of halogens is 1. The third-order valence-electron chi connectivity index (χ3n) is 3.99. The molecule has 1 aliphatic rings. The minimum Gasteiger partial charge on any atom is -0.371 e. The Morgan fingerprint density at radius 3 is 2.47 bits per heavy atom. The van der Waals surface area contributed by atoms with Crippen molar-refractivity contribution in [1.82, 2.24) is 5.32 Å². The van der Waals surface area contributed by atoms with E-state index < -0.39 is 0 Å². The lowest BCUT2D eigenvalue weighted by atomic mass is 9.95. The maximum atomic E-state index is 12.9. The maximum absolute atomic E-state index is 12.9. The summed E-state index contributed by atoms with van der Waals surface area (Å²) < 4.78 is 12.9. The molecule has 0 unspecified atom stereocenters. The van der Waals surface area contributed by atoms with Gasteiger partial charge >= 0.3 is 0 Å². The second-order valence-electron chi connectivity index (χ2n) is 5.35. The number of likely N-dealkylation sites (N-methyl/N-ethyl adjacent to an activating group) is 1. The molecule has 1 aromatic carbocycles. The summed E-state index contributed by atoms with van der Waals surface area (Å²) in [5.74, 6) is -0.167. The van der Waals surface area contributed by atoms with Gasteiger partial charge in [0.15, 0.2) is 0 Å². The van der Waals surface area contributed by atoms with E-state index in [0.717, 1.165) is 25.3 Å². The maximum Gasteiger partial charge on any atom is 0.123 e. The van der Waals surface area contributed by atoms with Crippen LogP contribution in [0.1, 0.15) is 39.0 Å². The van der Waals surface area contributed by atoms with Crippen molar-refractivity contribution >= 4 is 5.69 Å². The molecular formula is C16H25FN2. The van der Waals surface area contributed by atoms with Gasteiger partial charge in [-0.3, -0.25) is 0 Å². The van der Waals surface area contributed by atoms with E-state index in [0.29, 0.717) is 6.04 Å². The second-order valence-corrected chi connectivity index (χ2v) is 5.35. The summed E-state index contributed by atoms with van der Waals surface area (Å²) in [5, 5.41) is 3.65.